The first-order chi connectivity index (χ1) is 8.31. The molecule has 0 fully saturated rings. The Kier molecular flexibility index (Phi) is 3.29. The van der Waals surface area contributed by atoms with E-state index >= 15 is 0 Å². The van der Waals surface area contributed by atoms with Crippen LogP contribution in [0.2, 0.25) is 0 Å². The summed E-state index contributed by atoms with van der Waals surface area (Å²) in [5.74, 6) is 0.0135. The van der Waals surface area contributed by atoms with Crippen LogP contribution in [0.4, 0.5) is 5.69 Å². The van der Waals surface area contributed by atoms with Gasteiger partial charge in [-0.3, -0.25) is 4.79 Å². The van der Waals surface area contributed by atoms with Gasteiger partial charge in [0.1, 0.15) is 5.69 Å². The van der Waals surface area contributed by atoms with Crippen molar-refractivity contribution in [2.75, 3.05) is 11.9 Å². The average molecular weight is 233 g/mol. The number of hydrogen-bond acceptors (Lipinski definition) is 5. The molecule has 7 nitrogen and oxygen atoms in total. The zero-order chi connectivity index (χ0) is 12.1. The first-order valence-electron chi connectivity index (χ1n) is 5.06. The van der Waals surface area contributed by atoms with Gasteiger partial charge in [-0.1, -0.05) is 0 Å². The second-order valence-corrected chi connectivity index (χ2v) is 3.10. The van der Waals surface area contributed by atoms with Crippen LogP contribution in [0.25, 0.3) is 0 Å². The van der Waals surface area contributed by atoms with Gasteiger partial charge in [0, 0.05) is 6.20 Å². The largest absolute Gasteiger partial charge is 0.476 e. The number of ether oxygens (including phenoxy) is 1. The van der Waals surface area contributed by atoms with Crippen LogP contribution in [0.5, 0.6) is 5.88 Å². The van der Waals surface area contributed by atoms with Gasteiger partial charge >= 0.3 is 0 Å². The molecular weight excluding hydrogens is 222 g/mol. The Labute approximate surface area is 97.2 Å². The summed E-state index contributed by atoms with van der Waals surface area (Å²) in [6, 6.07) is 3.41. The smallest absolute Gasteiger partial charge is 0.277 e. The first kappa shape index (κ1) is 11.1. The third kappa shape index (κ3) is 2.57. The van der Waals surface area contributed by atoms with Crippen molar-refractivity contribution >= 4 is 11.6 Å². The number of aromatic nitrogens is 4. The standard InChI is InChI=1S/C10H11N5O2/c1-2-17-10-7(4-3-5-11-10)13-9(16)8-6-12-15-14-8/h3-6H,2H2,1H3,(H,13,16)(H,12,14,15). The van der Waals surface area contributed by atoms with Crippen molar-refractivity contribution < 1.29 is 9.53 Å². The monoisotopic (exact) mass is 233 g/mol. The predicted molar refractivity (Wildman–Crippen MR) is 59.7 cm³/mol. The molecule has 0 atom stereocenters. The maximum atomic E-state index is 11.7. The Morgan fingerprint density at radius 1 is 1.59 bits per heavy atom. The van der Waals surface area contributed by atoms with Crippen molar-refractivity contribution in [3.63, 3.8) is 0 Å². The highest BCUT2D eigenvalue weighted by molar-refractivity contribution is 6.03. The minimum absolute atomic E-state index is 0.205. The summed E-state index contributed by atoms with van der Waals surface area (Å²) < 4.78 is 5.29. The molecule has 2 heterocycles. The number of hydrogen-bond donors (Lipinski definition) is 2. The Balaban J connectivity index is 2.15. The van der Waals surface area contributed by atoms with Crippen LogP contribution in [-0.4, -0.2) is 32.9 Å². The highest BCUT2D eigenvalue weighted by atomic mass is 16.5. The predicted octanol–water partition coefficient (Wildman–Crippen LogP) is 0.851. The van der Waals surface area contributed by atoms with E-state index in [2.05, 4.69) is 25.7 Å². The second kappa shape index (κ2) is 5.06. The molecule has 17 heavy (non-hydrogen) atoms. The molecule has 0 spiro atoms. The molecule has 0 saturated heterocycles. The number of nitrogens with zero attached hydrogens (tertiary/aromatic N) is 3. The maximum Gasteiger partial charge on any atom is 0.277 e. The number of amides is 1. The number of aromatic amines is 1. The zero-order valence-corrected chi connectivity index (χ0v) is 9.17. The van der Waals surface area contributed by atoms with Crippen molar-refractivity contribution in [2.45, 2.75) is 6.92 Å². The number of rotatable bonds is 4. The average Bonchev–Trinajstić information content (AvgIpc) is 2.85. The van der Waals surface area contributed by atoms with Crippen LogP contribution in [0.1, 0.15) is 17.4 Å². The third-order valence-electron chi connectivity index (χ3n) is 1.95. The summed E-state index contributed by atoms with van der Waals surface area (Å²) in [7, 11) is 0. The molecule has 0 bridgehead atoms. The molecule has 2 N–H and O–H groups in total. The molecule has 0 unspecified atom stereocenters. The Hall–Kier alpha value is -2.44. The number of anilines is 1. The molecule has 2 aromatic rings. The highest BCUT2D eigenvalue weighted by Crippen LogP contribution is 2.20. The van der Waals surface area contributed by atoms with Crippen LogP contribution in [0.15, 0.2) is 24.5 Å². The fourth-order valence-corrected chi connectivity index (χ4v) is 1.24. The Morgan fingerprint density at radius 3 is 3.18 bits per heavy atom. The number of H-pyrrole nitrogens is 1. The molecule has 0 aliphatic carbocycles. The lowest BCUT2D eigenvalue weighted by Gasteiger charge is -2.08. The summed E-state index contributed by atoms with van der Waals surface area (Å²) in [6.07, 6.45) is 2.93. The van der Waals surface area contributed by atoms with E-state index in [1.54, 1.807) is 18.3 Å². The molecule has 7 heteroatoms. The lowest BCUT2D eigenvalue weighted by molar-refractivity contribution is 0.102. The summed E-state index contributed by atoms with van der Waals surface area (Å²) in [6.45, 7) is 2.32. The van der Waals surface area contributed by atoms with E-state index in [0.29, 0.717) is 18.2 Å². The van der Waals surface area contributed by atoms with E-state index in [1.165, 1.54) is 6.20 Å². The molecule has 88 valence electrons. The number of pyridine rings is 1. The van der Waals surface area contributed by atoms with Crippen LogP contribution in [0.3, 0.4) is 0 Å². The van der Waals surface area contributed by atoms with E-state index in [1.807, 2.05) is 6.92 Å². The molecule has 0 aliphatic rings. The fourth-order valence-electron chi connectivity index (χ4n) is 1.24. The van der Waals surface area contributed by atoms with Crippen LogP contribution >= 0.6 is 0 Å². The molecule has 1 amide bonds. The van der Waals surface area contributed by atoms with Crippen molar-refractivity contribution in [2.24, 2.45) is 0 Å². The van der Waals surface area contributed by atoms with Crippen LogP contribution in [0, 0.1) is 0 Å². The molecule has 2 rings (SSSR count). The van der Waals surface area contributed by atoms with Gasteiger partial charge in [-0.25, -0.2) is 4.98 Å². The molecule has 0 aromatic carbocycles. The number of nitrogens with one attached hydrogen (secondary N) is 2. The minimum Gasteiger partial charge on any atom is -0.476 e. The topological polar surface area (TPSA) is 92.8 Å². The lowest BCUT2D eigenvalue weighted by Crippen LogP contribution is -2.13. The number of carbonyl (C=O) groups excluding carboxylic acids is 1. The molecule has 0 radical (unpaired) electrons. The van der Waals surface area contributed by atoms with Crippen molar-refractivity contribution in [1.29, 1.82) is 0 Å². The van der Waals surface area contributed by atoms with E-state index < -0.39 is 0 Å². The normalized spacial score (nSPS) is 9.94. The molecule has 0 saturated carbocycles. The highest BCUT2D eigenvalue weighted by Gasteiger charge is 2.12. The summed E-state index contributed by atoms with van der Waals surface area (Å²) in [4.78, 5) is 15.7. The van der Waals surface area contributed by atoms with Crippen LogP contribution in [-0.2, 0) is 0 Å². The summed E-state index contributed by atoms with van der Waals surface area (Å²) >= 11 is 0. The van der Waals surface area contributed by atoms with Gasteiger partial charge < -0.3 is 10.1 Å². The van der Waals surface area contributed by atoms with E-state index in [0.717, 1.165) is 0 Å². The van der Waals surface area contributed by atoms with Crippen molar-refractivity contribution in [3.05, 3.63) is 30.2 Å². The Bertz CT molecular complexity index is 497. The van der Waals surface area contributed by atoms with Gasteiger partial charge in [0.15, 0.2) is 5.69 Å². The van der Waals surface area contributed by atoms with E-state index in [-0.39, 0.29) is 11.6 Å². The van der Waals surface area contributed by atoms with E-state index in [9.17, 15) is 4.79 Å². The van der Waals surface area contributed by atoms with Gasteiger partial charge in [-0.15, -0.1) is 0 Å². The Morgan fingerprint density at radius 2 is 2.47 bits per heavy atom. The minimum atomic E-state index is -0.368. The quantitative estimate of drug-likeness (QED) is 0.816. The SMILES string of the molecule is CCOc1ncccc1NC(=O)c1cn[nH]n1. The van der Waals surface area contributed by atoms with Crippen molar-refractivity contribution in [1.82, 2.24) is 20.4 Å². The number of carbonyl (C=O) groups is 1. The van der Waals surface area contributed by atoms with Gasteiger partial charge in [-0.05, 0) is 19.1 Å². The van der Waals surface area contributed by atoms with E-state index in [4.69, 9.17) is 4.74 Å². The van der Waals surface area contributed by atoms with Crippen molar-refractivity contribution in [3.8, 4) is 5.88 Å². The van der Waals surface area contributed by atoms with Gasteiger partial charge in [-0.2, -0.15) is 15.4 Å². The third-order valence-corrected chi connectivity index (χ3v) is 1.95. The zero-order valence-electron chi connectivity index (χ0n) is 9.17. The van der Waals surface area contributed by atoms with Gasteiger partial charge in [0.25, 0.3) is 5.91 Å². The fraction of sp³-hybridized carbons (Fsp3) is 0.200. The van der Waals surface area contributed by atoms with Crippen LogP contribution < -0.4 is 10.1 Å². The maximum absolute atomic E-state index is 11.7. The lowest BCUT2D eigenvalue weighted by atomic mass is 10.3. The molecule has 2 aromatic heterocycles. The first-order valence-corrected chi connectivity index (χ1v) is 5.06. The van der Waals surface area contributed by atoms with Gasteiger partial charge in [0.2, 0.25) is 5.88 Å². The van der Waals surface area contributed by atoms with Gasteiger partial charge in [0.05, 0.1) is 12.8 Å². The second-order valence-electron chi connectivity index (χ2n) is 3.10. The summed E-state index contributed by atoms with van der Waals surface area (Å²) in [5.41, 5.74) is 0.707. The molecular formula is C10H11N5O2. The molecule has 0 aliphatic heterocycles. The summed E-state index contributed by atoms with van der Waals surface area (Å²) in [5, 5.41) is 12.3.